The van der Waals surface area contributed by atoms with Crippen molar-refractivity contribution in [2.24, 2.45) is 11.8 Å². The average Bonchev–Trinajstić information content (AvgIpc) is 3.35. The van der Waals surface area contributed by atoms with Crippen molar-refractivity contribution in [2.45, 2.75) is 54.1 Å². The predicted octanol–water partition coefficient (Wildman–Crippen LogP) is 2.75. The number of benzene rings is 1. The number of likely N-dealkylation sites (tertiary alicyclic amines) is 1. The molecule has 3 saturated heterocycles. The number of aliphatic hydroxyl groups is 1. The lowest BCUT2D eigenvalue weighted by molar-refractivity contribution is -0.149. The van der Waals surface area contributed by atoms with Crippen LogP contribution >= 0.6 is 27.7 Å². The van der Waals surface area contributed by atoms with E-state index in [0.717, 1.165) is 16.8 Å². The highest BCUT2D eigenvalue weighted by Gasteiger charge is 2.76. The van der Waals surface area contributed by atoms with Crippen LogP contribution in [0, 0.1) is 25.7 Å². The molecule has 0 saturated carbocycles. The van der Waals surface area contributed by atoms with E-state index in [1.165, 1.54) is 16.7 Å². The second kappa shape index (κ2) is 8.74. The van der Waals surface area contributed by atoms with E-state index in [1.54, 1.807) is 17.9 Å². The summed E-state index contributed by atoms with van der Waals surface area (Å²) in [4.78, 5) is 43.3. The van der Waals surface area contributed by atoms with Gasteiger partial charge in [0.25, 0.3) is 5.91 Å². The van der Waals surface area contributed by atoms with Gasteiger partial charge in [0.2, 0.25) is 5.91 Å². The third-order valence-electron chi connectivity index (χ3n) is 7.27. The number of nitrogens with zero attached hydrogens (tertiary/aromatic N) is 2. The molecular weight excluding hydrogens is 508 g/mol. The molecule has 7 nitrogen and oxygen atoms in total. The van der Waals surface area contributed by atoms with E-state index in [-0.39, 0.29) is 35.0 Å². The summed E-state index contributed by atoms with van der Waals surface area (Å²) >= 11 is 5.10. The minimum atomic E-state index is -1.01. The fourth-order valence-corrected chi connectivity index (χ4v) is 9.58. The molecule has 1 aromatic carbocycles. The molecule has 3 aliphatic heterocycles. The maximum Gasteiger partial charge on any atom is 0.308 e. The molecule has 33 heavy (non-hydrogen) atoms. The number of hydrogen-bond donors (Lipinski definition) is 2. The second-order valence-electron chi connectivity index (χ2n) is 9.26. The number of halogens is 1. The van der Waals surface area contributed by atoms with Crippen molar-refractivity contribution in [2.75, 3.05) is 18.1 Å². The van der Waals surface area contributed by atoms with Gasteiger partial charge in [-0.25, -0.2) is 0 Å². The molecule has 0 radical (unpaired) electrons. The Kier molecular flexibility index (Phi) is 6.44. The van der Waals surface area contributed by atoms with E-state index in [2.05, 4.69) is 22.5 Å². The van der Waals surface area contributed by atoms with Crippen LogP contribution in [0.25, 0.3) is 0 Å². The van der Waals surface area contributed by atoms with Gasteiger partial charge in [0, 0.05) is 22.3 Å². The van der Waals surface area contributed by atoms with Gasteiger partial charge in [0.05, 0.1) is 29.2 Å². The molecule has 7 atom stereocenters. The van der Waals surface area contributed by atoms with Crippen LogP contribution in [0.3, 0.4) is 0 Å². The van der Waals surface area contributed by atoms with Gasteiger partial charge in [-0.3, -0.25) is 14.4 Å². The van der Waals surface area contributed by atoms with Gasteiger partial charge in [-0.15, -0.1) is 18.3 Å². The van der Waals surface area contributed by atoms with E-state index >= 15 is 0 Å². The number of thioether (sulfide) groups is 1. The van der Waals surface area contributed by atoms with Crippen LogP contribution in [-0.4, -0.2) is 73.0 Å². The molecule has 1 spiro atoms. The summed E-state index contributed by atoms with van der Waals surface area (Å²) in [5.41, 5.74) is 2.62. The van der Waals surface area contributed by atoms with Crippen LogP contribution in [0.15, 0.2) is 30.9 Å². The largest absolute Gasteiger partial charge is 0.481 e. The fourth-order valence-electron chi connectivity index (χ4n) is 5.99. The van der Waals surface area contributed by atoms with Crippen LogP contribution in [0.5, 0.6) is 0 Å². The van der Waals surface area contributed by atoms with E-state index in [0.29, 0.717) is 6.42 Å². The van der Waals surface area contributed by atoms with Crippen LogP contribution in [0.2, 0.25) is 0 Å². The highest BCUT2D eigenvalue weighted by molar-refractivity contribution is 9.09. The van der Waals surface area contributed by atoms with Gasteiger partial charge in [0.15, 0.2) is 0 Å². The van der Waals surface area contributed by atoms with Crippen molar-refractivity contribution in [3.8, 4) is 0 Å². The third kappa shape index (κ3) is 3.46. The predicted molar refractivity (Wildman–Crippen MR) is 132 cm³/mol. The molecule has 3 aliphatic rings. The Morgan fingerprint density at radius 3 is 2.58 bits per heavy atom. The van der Waals surface area contributed by atoms with Crippen molar-refractivity contribution in [3.63, 3.8) is 0 Å². The lowest BCUT2D eigenvalue weighted by atomic mass is 9.71. The maximum absolute atomic E-state index is 14.4. The van der Waals surface area contributed by atoms with E-state index in [4.69, 9.17) is 0 Å². The SMILES string of the molecule is C=CCN(C(=O)C1N([C@H](C)CO)C(=O)[C@@H]2[C@@H](C(=O)O)[C@@H]3SC12CC3Br)c1c(C)cccc1C. The summed E-state index contributed by atoms with van der Waals surface area (Å²) in [5, 5.41) is 19.7. The van der Waals surface area contributed by atoms with Gasteiger partial charge in [-0.1, -0.05) is 40.2 Å². The van der Waals surface area contributed by atoms with E-state index in [1.807, 2.05) is 32.0 Å². The average molecular weight is 537 g/mol. The van der Waals surface area contributed by atoms with Crippen LogP contribution in [0.1, 0.15) is 24.5 Å². The highest BCUT2D eigenvalue weighted by Crippen LogP contribution is 2.68. The monoisotopic (exact) mass is 536 g/mol. The molecule has 3 heterocycles. The zero-order chi connectivity index (χ0) is 24.2. The first kappa shape index (κ1) is 24.3. The van der Waals surface area contributed by atoms with Crippen molar-refractivity contribution in [1.82, 2.24) is 4.90 Å². The lowest BCUT2D eigenvalue weighted by Crippen LogP contribution is -2.57. The number of hydrogen-bond acceptors (Lipinski definition) is 5. The standard InChI is InChI=1S/C24H29BrN2O5S/c1-5-9-26(18-12(2)7-6-8-13(18)3)22(30)20-24-10-15(25)19(33-24)16(23(31)32)17(24)21(29)27(20)14(4)11-28/h5-8,14-17,19-20,28H,1,9-11H2,2-4H3,(H,31,32)/t14-,15?,16-,17+,19-,20?,24?/m1/s1. The summed E-state index contributed by atoms with van der Waals surface area (Å²) in [6, 6.07) is 4.31. The first-order valence-electron chi connectivity index (χ1n) is 11.1. The molecule has 178 valence electrons. The van der Waals surface area contributed by atoms with E-state index < -0.39 is 34.6 Å². The number of aliphatic carboxylic acids is 1. The van der Waals surface area contributed by atoms with Crippen molar-refractivity contribution in [1.29, 1.82) is 0 Å². The number of aryl methyl sites for hydroxylation is 2. The lowest BCUT2D eigenvalue weighted by Gasteiger charge is -2.39. The molecule has 2 bridgehead atoms. The Morgan fingerprint density at radius 1 is 1.39 bits per heavy atom. The van der Waals surface area contributed by atoms with Crippen LogP contribution in [-0.2, 0) is 14.4 Å². The molecule has 3 fully saturated rings. The van der Waals surface area contributed by atoms with Crippen molar-refractivity contribution < 1.29 is 24.6 Å². The Labute approximate surface area is 206 Å². The highest BCUT2D eigenvalue weighted by atomic mass is 79.9. The number of carboxylic acids is 1. The molecule has 3 unspecified atom stereocenters. The number of fused-ring (bicyclic) bond motifs is 1. The molecule has 2 amide bonds. The minimum absolute atomic E-state index is 0.111. The van der Waals surface area contributed by atoms with E-state index in [9.17, 15) is 24.6 Å². The molecule has 0 aliphatic carbocycles. The Balaban J connectivity index is 1.87. The number of carbonyl (C=O) groups excluding carboxylic acids is 2. The summed E-state index contributed by atoms with van der Waals surface area (Å²) in [5.74, 6) is -3.30. The van der Waals surface area contributed by atoms with Crippen LogP contribution < -0.4 is 4.90 Å². The fraction of sp³-hybridized carbons (Fsp3) is 0.542. The number of aliphatic hydroxyl groups excluding tert-OH is 1. The number of rotatable bonds is 7. The quantitative estimate of drug-likeness (QED) is 0.410. The zero-order valence-corrected chi connectivity index (χ0v) is 21.3. The second-order valence-corrected chi connectivity index (χ2v) is 12.0. The Hall–Kier alpha value is -1.84. The molecule has 4 rings (SSSR count). The Bertz CT molecular complexity index is 998. The molecule has 2 N–H and O–H groups in total. The maximum atomic E-state index is 14.4. The van der Waals surface area contributed by atoms with Crippen molar-refractivity contribution in [3.05, 3.63) is 42.0 Å². The number of carbonyl (C=O) groups is 3. The zero-order valence-electron chi connectivity index (χ0n) is 18.9. The van der Waals surface area contributed by atoms with Crippen LogP contribution in [0.4, 0.5) is 5.69 Å². The number of amides is 2. The normalized spacial score (nSPS) is 33.2. The first-order chi connectivity index (χ1) is 15.6. The van der Waals surface area contributed by atoms with Gasteiger partial charge < -0.3 is 20.0 Å². The molecule has 9 heteroatoms. The van der Waals surface area contributed by atoms with Crippen molar-refractivity contribution >= 4 is 51.2 Å². The number of para-hydroxylation sites is 1. The summed E-state index contributed by atoms with van der Waals surface area (Å²) in [7, 11) is 0. The Morgan fingerprint density at radius 2 is 2.03 bits per heavy atom. The van der Waals surface area contributed by atoms with Gasteiger partial charge >= 0.3 is 5.97 Å². The number of anilines is 1. The van der Waals surface area contributed by atoms with Gasteiger partial charge in [-0.2, -0.15) is 0 Å². The van der Waals surface area contributed by atoms with Gasteiger partial charge in [-0.05, 0) is 38.3 Å². The molecule has 1 aromatic rings. The summed E-state index contributed by atoms with van der Waals surface area (Å²) in [6.07, 6.45) is 2.17. The number of carboxylic acid groups (broad SMARTS) is 1. The van der Waals surface area contributed by atoms with Gasteiger partial charge in [0.1, 0.15) is 6.04 Å². The number of alkyl halides is 1. The topological polar surface area (TPSA) is 98.2 Å². The molecule has 0 aromatic heterocycles. The summed E-state index contributed by atoms with van der Waals surface area (Å²) in [6.45, 7) is 9.35. The first-order valence-corrected chi connectivity index (χ1v) is 12.9. The summed E-state index contributed by atoms with van der Waals surface area (Å²) < 4.78 is -0.866. The molecular formula is C24H29BrN2O5S. The smallest absolute Gasteiger partial charge is 0.308 e. The third-order valence-corrected chi connectivity index (χ3v) is 10.5. The minimum Gasteiger partial charge on any atom is -0.481 e.